The highest BCUT2D eigenvalue weighted by Crippen LogP contribution is 2.16. The molecule has 0 N–H and O–H groups in total. The maximum atomic E-state index is 12.3. The van der Waals surface area contributed by atoms with Gasteiger partial charge in [0.2, 0.25) is 0 Å². The molecule has 1 amide bonds. The van der Waals surface area contributed by atoms with Gasteiger partial charge in [-0.25, -0.2) is 4.98 Å². The molecule has 0 unspecified atom stereocenters. The minimum absolute atomic E-state index is 0.108. The summed E-state index contributed by atoms with van der Waals surface area (Å²) in [5.74, 6) is 0.108. The maximum Gasteiger partial charge on any atom is 0.255 e. The van der Waals surface area contributed by atoms with Crippen LogP contribution >= 0.6 is 22.6 Å². The second kappa shape index (κ2) is 5.97. The van der Waals surface area contributed by atoms with Crippen molar-refractivity contribution < 1.29 is 4.79 Å². The SMILES string of the molecule is CN(C)C1CCN(C(=O)c2ccc(I)nc2)CC1. The van der Waals surface area contributed by atoms with Gasteiger partial charge >= 0.3 is 0 Å². The number of piperidine rings is 1. The van der Waals surface area contributed by atoms with E-state index in [1.165, 1.54) is 0 Å². The topological polar surface area (TPSA) is 36.4 Å². The molecule has 1 aromatic heterocycles. The number of carbonyl (C=O) groups is 1. The third-order valence-electron chi connectivity index (χ3n) is 3.46. The van der Waals surface area contributed by atoms with E-state index in [1.54, 1.807) is 6.20 Å². The monoisotopic (exact) mass is 359 g/mol. The van der Waals surface area contributed by atoms with E-state index in [0.717, 1.165) is 29.6 Å². The molecule has 0 aromatic carbocycles. The lowest BCUT2D eigenvalue weighted by atomic mass is 10.0. The fourth-order valence-corrected chi connectivity index (χ4v) is 2.59. The number of hydrogen-bond donors (Lipinski definition) is 0. The number of hydrogen-bond acceptors (Lipinski definition) is 3. The molecular formula is C13H18IN3O. The van der Waals surface area contributed by atoms with Crippen molar-refractivity contribution >= 4 is 28.5 Å². The van der Waals surface area contributed by atoms with Crippen LogP contribution in [0.25, 0.3) is 0 Å². The summed E-state index contributed by atoms with van der Waals surface area (Å²) in [6, 6.07) is 4.33. The van der Waals surface area contributed by atoms with Crippen LogP contribution in [0.4, 0.5) is 0 Å². The quantitative estimate of drug-likeness (QED) is 0.598. The molecule has 0 aliphatic carbocycles. The smallest absolute Gasteiger partial charge is 0.255 e. The van der Waals surface area contributed by atoms with Gasteiger partial charge in [0.1, 0.15) is 3.70 Å². The lowest BCUT2D eigenvalue weighted by Gasteiger charge is -2.35. The maximum absolute atomic E-state index is 12.3. The van der Waals surface area contributed by atoms with Gasteiger partial charge in [-0.3, -0.25) is 4.79 Å². The van der Waals surface area contributed by atoms with E-state index in [9.17, 15) is 4.79 Å². The van der Waals surface area contributed by atoms with Gasteiger partial charge in [0.15, 0.2) is 0 Å². The Morgan fingerprint density at radius 2 is 2.06 bits per heavy atom. The number of likely N-dealkylation sites (tertiary alicyclic amines) is 1. The number of amides is 1. The Balaban J connectivity index is 1.97. The third kappa shape index (κ3) is 3.20. The van der Waals surface area contributed by atoms with E-state index in [-0.39, 0.29) is 5.91 Å². The van der Waals surface area contributed by atoms with Gasteiger partial charge < -0.3 is 9.80 Å². The summed E-state index contributed by atoms with van der Waals surface area (Å²) in [6.45, 7) is 1.68. The Kier molecular flexibility index (Phi) is 4.55. The highest BCUT2D eigenvalue weighted by molar-refractivity contribution is 14.1. The fraction of sp³-hybridized carbons (Fsp3) is 0.538. The zero-order chi connectivity index (χ0) is 13.1. The van der Waals surface area contributed by atoms with E-state index in [0.29, 0.717) is 11.6 Å². The first-order chi connectivity index (χ1) is 8.58. The van der Waals surface area contributed by atoms with Gasteiger partial charge in [0, 0.05) is 25.3 Å². The molecular weight excluding hydrogens is 341 g/mol. The average Bonchev–Trinajstić information content (AvgIpc) is 2.39. The second-order valence-corrected chi connectivity index (χ2v) is 5.96. The normalized spacial score (nSPS) is 17.2. The summed E-state index contributed by atoms with van der Waals surface area (Å²) in [5.41, 5.74) is 0.693. The Hall–Kier alpha value is -0.690. The molecule has 18 heavy (non-hydrogen) atoms. The molecule has 0 saturated carbocycles. The number of pyridine rings is 1. The van der Waals surface area contributed by atoms with Crippen LogP contribution in [0.1, 0.15) is 23.2 Å². The van der Waals surface area contributed by atoms with Crippen LogP contribution in [-0.4, -0.2) is 53.9 Å². The van der Waals surface area contributed by atoms with E-state index < -0.39 is 0 Å². The predicted octanol–water partition coefficient (Wildman–Crippen LogP) is 1.85. The van der Waals surface area contributed by atoms with E-state index >= 15 is 0 Å². The Morgan fingerprint density at radius 1 is 1.39 bits per heavy atom. The molecule has 0 spiro atoms. The van der Waals surface area contributed by atoms with Crippen LogP contribution in [0, 0.1) is 3.70 Å². The lowest BCUT2D eigenvalue weighted by Crippen LogP contribution is -2.44. The standard InChI is InChI=1S/C13H18IN3O/c1-16(2)11-5-7-17(8-6-11)13(18)10-3-4-12(14)15-9-10/h3-4,9,11H,5-8H2,1-2H3. The molecule has 1 aromatic rings. The first-order valence-electron chi connectivity index (χ1n) is 6.15. The summed E-state index contributed by atoms with van der Waals surface area (Å²) < 4.78 is 0.912. The van der Waals surface area contributed by atoms with Crippen LogP contribution in [0.15, 0.2) is 18.3 Å². The van der Waals surface area contributed by atoms with Crippen LogP contribution in [0.5, 0.6) is 0 Å². The molecule has 5 heteroatoms. The van der Waals surface area contributed by atoms with Gasteiger partial charge in [-0.05, 0) is 61.7 Å². The van der Waals surface area contributed by atoms with E-state index in [2.05, 4.69) is 46.6 Å². The highest BCUT2D eigenvalue weighted by atomic mass is 127. The number of halogens is 1. The largest absolute Gasteiger partial charge is 0.338 e. The predicted molar refractivity (Wildman–Crippen MR) is 79.6 cm³/mol. The molecule has 2 heterocycles. The zero-order valence-corrected chi connectivity index (χ0v) is 12.9. The molecule has 1 saturated heterocycles. The third-order valence-corrected chi connectivity index (χ3v) is 4.09. The van der Waals surface area contributed by atoms with Crippen molar-refractivity contribution in [1.82, 2.24) is 14.8 Å². The first-order valence-corrected chi connectivity index (χ1v) is 7.23. The summed E-state index contributed by atoms with van der Waals surface area (Å²) >= 11 is 2.14. The van der Waals surface area contributed by atoms with Crippen molar-refractivity contribution in [3.8, 4) is 0 Å². The number of nitrogens with zero attached hydrogens (tertiary/aromatic N) is 3. The number of aromatic nitrogens is 1. The van der Waals surface area contributed by atoms with Gasteiger partial charge in [0.05, 0.1) is 5.56 Å². The van der Waals surface area contributed by atoms with Gasteiger partial charge in [-0.15, -0.1) is 0 Å². The van der Waals surface area contributed by atoms with Crippen LogP contribution < -0.4 is 0 Å². The number of rotatable bonds is 2. The van der Waals surface area contributed by atoms with E-state index in [4.69, 9.17) is 0 Å². The molecule has 1 aliphatic rings. The number of carbonyl (C=O) groups excluding carboxylic acids is 1. The highest BCUT2D eigenvalue weighted by Gasteiger charge is 2.24. The van der Waals surface area contributed by atoms with Crippen LogP contribution in [0.2, 0.25) is 0 Å². The molecule has 1 fully saturated rings. The summed E-state index contributed by atoms with van der Waals surface area (Å²) in [6.07, 6.45) is 3.77. The second-order valence-electron chi connectivity index (χ2n) is 4.86. The van der Waals surface area contributed by atoms with Crippen molar-refractivity contribution in [2.24, 2.45) is 0 Å². The van der Waals surface area contributed by atoms with Crippen LogP contribution in [-0.2, 0) is 0 Å². The van der Waals surface area contributed by atoms with Gasteiger partial charge in [-0.2, -0.15) is 0 Å². The van der Waals surface area contributed by atoms with Gasteiger partial charge in [0.25, 0.3) is 5.91 Å². The first kappa shape index (κ1) is 13.7. The van der Waals surface area contributed by atoms with Crippen molar-refractivity contribution in [3.05, 3.63) is 27.6 Å². The molecule has 1 aliphatic heterocycles. The minimum atomic E-state index is 0.108. The molecule has 2 rings (SSSR count). The van der Waals surface area contributed by atoms with E-state index in [1.807, 2.05) is 17.0 Å². The van der Waals surface area contributed by atoms with Crippen molar-refractivity contribution in [1.29, 1.82) is 0 Å². The molecule has 0 radical (unpaired) electrons. The Bertz CT molecular complexity index is 411. The molecule has 0 bridgehead atoms. The van der Waals surface area contributed by atoms with Gasteiger partial charge in [-0.1, -0.05) is 0 Å². The zero-order valence-electron chi connectivity index (χ0n) is 10.8. The summed E-state index contributed by atoms with van der Waals surface area (Å²) in [5, 5.41) is 0. The van der Waals surface area contributed by atoms with Crippen molar-refractivity contribution in [3.63, 3.8) is 0 Å². The average molecular weight is 359 g/mol. The Morgan fingerprint density at radius 3 is 2.56 bits per heavy atom. The summed E-state index contributed by atoms with van der Waals surface area (Å²) in [4.78, 5) is 20.6. The van der Waals surface area contributed by atoms with Crippen molar-refractivity contribution in [2.45, 2.75) is 18.9 Å². The molecule has 4 nitrogen and oxygen atoms in total. The Labute approximate surface area is 122 Å². The van der Waals surface area contributed by atoms with Crippen molar-refractivity contribution in [2.75, 3.05) is 27.2 Å². The molecule has 98 valence electrons. The lowest BCUT2D eigenvalue weighted by molar-refractivity contribution is 0.0663. The molecule has 0 atom stereocenters. The fourth-order valence-electron chi connectivity index (χ4n) is 2.27. The van der Waals surface area contributed by atoms with Crippen LogP contribution in [0.3, 0.4) is 0 Å². The minimum Gasteiger partial charge on any atom is -0.338 e. The summed E-state index contributed by atoms with van der Waals surface area (Å²) in [7, 11) is 4.20.